The summed E-state index contributed by atoms with van der Waals surface area (Å²) in [6.07, 6.45) is 3.61. The molecule has 2 fully saturated rings. The standard InChI is InChI=1S/C23H28N6O2/c1-16-15-19(7-8-20(16)24-2)31-18-5-3-17(4-6-18)26-23(30)21-9-10-22(28-27-21)29-13-11-25-12-14-29/h7-10,15,17-18,25H,3-6,11-14H2,1H3,(H,26,30). The molecule has 8 nitrogen and oxygen atoms in total. The molecule has 1 saturated heterocycles. The molecule has 4 rings (SSSR count). The van der Waals surface area contributed by atoms with E-state index in [2.05, 4.69) is 30.6 Å². The number of hydrogen-bond donors (Lipinski definition) is 2. The number of hydrogen-bond acceptors (Lipinski definition) is 6. The first-order valence-corrected chi connectivity index (χ1v) is 10.9. The Labute approximate surface area is 182 Å². The highest BCUT2D eigenvalue weighted by molar-refractivity contribution is 5.92. The summed E-state index contributed by atoms with van der Waals surface area (Å²) in [5.74, 6) is 1.45. The van der Waals surface area contributed by atoms with Crippen LogP contribution in [0, 0.1) is 13.5 Å². The predicted octanol–water partition coefficient (Wildman–Crippen LogP) is 2.87. The van der Waals surface area contributed by atoms with Crippen LogP contribution < -0.4 is 20.3 Å². The molecule has 1 amide bonds. The maximum absolute atomic E-state index is 12.6. The minimum Gasteiger partial charge on any atom is -0.491 e. The van der Waals surface area contributed by atoms with E-state index in [4.69, 9.17) is 11.3 Å². The lowest BCUT2D eigenvalue weighted by Crippen LogP contribution is -2.44. The van der Waals surface area contributed by atoms with E-state index in [9.17, 15) is 4.79 Å². The summed E-state index contributed by atoms with van der Waals surface area (Å²) in [6, 6.07) is 9.33. The summed E-state index contributed by atoms with van der Waals surface area (Å²) >= 11 is 0. The van der Waals surface area contributed by atoms with Crippen molar-refractivity contribution in [2.75, 3.05) is 31.1 Å². The third-order valence-electron chi connectivity index (χ3n) is 5.92. The van der Waals surface area contributed by atoms with E-state index in [1.807, 2.05) is 25.1 Å². The van der Waals surface area contributed by atoms with E-state index in [0.29, 0.717) is 11.4 Å². The molecule has 2 aliphatic rings. The second-order valence-electron chi connectivity index (χ2n) is 8.14. The summed E-state index contributed by atoms with van der Waals surface area (Å²) in [4.78, 5) is 18.2. The Bertz CT molecular complexity index is 942. The molecule has 31 heavy (non-hydrogen) atoms. The number of aryl methyl sites for hydroxylation is 1. The average molecular weight is 421 g/mol. The molecule has 0 radical (unpaired) electrons. The first kappa shape index (κ1) is 21.1. The zero-order valence-electron chi connectivity index (χ0n) is 17.8. The SMILES string of the molecule is [C-]#[N+]c1ccc(OC2CCC(NC(=O)c3ccc(N4CCNCC4)nn3)CC2)cc1C. The van der Waals surface area contributed by atoms with Crippen LogP contribution in [-0.4, -0.2) is 54.4 Å². The van der Waals surface area contributed by atoms with Crippen LogP contribution in [0.2, 0.25) is 0 Å². The molecule has 1 saturated carbocycles. The Hall–Kier alpha value is -3.18. The number of ether oxygens (including phenoxy) is 1. The van der Waals surface area contributed by atoms with Crippen molar-refractivity contribution in [3.05, 3.63) is 53.0 Å². The molecule has 1 aliphatic carbocycles. The maximum atomic E-state index is 12.6. The number of carbonyl (C=O) groups excluding carboxylic acids is 1. The van der Waals surface area contributed by atoms with Crippen LogP contribution in [0.15, 0.2) is 30.3 Å². The Balaban J connectivity index is 1.25. The van der Waals surface area contributed by atoms with Crippen molar-refractivity contribution in [3.63, 3.8) is 0 Å². The topological polar surface area (TPSA) is 83.7 Å². The number of amides is 1. The van der Waals surface area contributed by atoms with Gasteiger partial charge in [0.25, 0.3) is 5.91 Å². The Morgan fingerprint density at radius 1 is 1.16 bits per heavy atom. The average Bonchev–Trinajstić information content (AvgIpc) is 2.81. The fourth-order valence-corrected chi connectivity index (χ4v) is 4.11. The van der Waals surface area contributed by atoms with Crippen LogP contribution in [0.5, 0.6) is 5.75 Å². The van der Waals surface area contributed by atoms with Gasteiger partial charge in [0, 0.05) is 32.2 Å². The van der Waals surface area contributed by atoms with Crippen molar-refractivity contribution in [1.29, 1.82) is 0 Å². The van der Waals surface area contributed by atoms with E-state index in [0.717, 1.165) is 69.0 Å². The van der Waals surface area contributed by atoms with Gasteiger partial charge in [-0.05, 0) is 62.4 Å². The second kappa shape index (κ2) is 9.75. The van der Waals surface area contributed by atoms with E-state index in [1.165, 1.54) is 0 Å². The molecule has 2 N–H and O–H groups in total. The number of anilines is 1. The Morgan fingerprint density at radius 2 is 1.94 bits per heavy atom. The molecule has 2 aromatic rings. The molecule has 0 unspecified atom stereocenters. The summed E-state index contributed by atoms with van der Waals surface area (Å²) < 4.78 is 6.10. The molecule has 8 heteroatoms. The minimum absolute atomic E-state index is 0.119. The molecule has 1 aromatic carbocycles. The van der Waals surface area contributed by atoms with Crippen LogP contribution in [-0.2, 0) is 0 Å². The number of benzene rings is 1. The van der Waals surface area contributed by atoms with Gasteiger partial charge >= 0.3 is 0 Å². The minimum atomic E-state index is -0.172. The molecule has 162 valence electrons. The van der Waals surface area contributed by atoms with Gasteiger partial charge in [0.1, 0.15) is 5.75 Å². The van der Waals surface area contributed by atoms with E-state index >= 15 is 0 Å². The lowest BCUT2D eigenvalue weighted by atomic mass is 9.92. The molecular formula is C23H28N6O2. The second-order valence-corrected chi connectivity index (χ2v) is 8.14. The first-order chi connectivity index (χ1) is 15.1. The van der Waals surface area contributed by atoms with Crippen molar-refractivity contribution in [3.8, 4) is 5.75 Å². The number of aromatic nitrogens is 2. The Kier molecular flexibility index (Phi) is 6.63. The molecule has 1 aromatic heterocycles. The largest absolute Gasteiger partial charge is 0.491 e. The van der Waals surface area contributed by atoms with Gasteiger partial charge in [0.05, 0.1) is 12.7 Å². The summed E-state index contributed by atoms with van der Waals surface area (Å²) in [6.45, 7) is 12.7. The molecular weight excluding hydrogens is 392 g/mol. The zero-order valence-corrected chi connectivity index (χ0v) is 17.8. The van der Waals surface area contributed by atoms with Gasteiger partial charge < -0.3 is 20.3 Å². The highest BCUT2D eigenvalue weighted by Gasteiger charge is 2.25. The molecule has 0 atom stereocenters. The monoisotopic (exact) mass is 420 g/mol. The van der Waals surface area contributed by atoms with Gasteiger partial charge in [-0.15, -0.1) is 10.2 Å². The van der Waals surface area contributed by atoms with Gasteiger partial charge in [0.2, 0.25) is 0 Å². The summed E-state index contributed by atoms with van der Waals surface area (Å²) in [7, 11) is 0. The molecule has 2 heterocycles. The third-order valence-corrected chi connectivity index (χ3v) is 5.92. The van der Waals surface area contributed by atoms with Crippen LogP contribution in [0.4, 0.5) is 11.5 Å². The van der Waals surface area contributed by atoms with Gasteiger partial charge in [-0.25, -0.2) is 4.85 Å². The predicted molar refractivity (Wildman–Crippen MR) is 119 cm³/mol. The third kappa shape index (κ3) is 5.30. The fraction of sp³-hybridized carbons (Fsp3) is 0.478. The number of piperazine rings is 1. The van der Waals surface area contributed by atoms with E-state index < -0.39 is 0 Å². The van der Waals surface area contributed by atoms with E-state index in [-0.39, 0.29) is 18.1 Å². The summed E-state index contributed by atoms with van der Waals surface area (Å²) in [5, 5.41) is 14.8. The van der Waals surface area contributed by atoms with Crippen LogP contribution >= 0.6 is 0 Å². The lowest BCUT2D eigenvalue weighted by Gasteiger charge is -2.29. The Morgan fingerprint density at radius 3 is 2.58 bits per heavy atom. The van der Waals surface area contributed by atoms with Crippen molar-refractivity contribution >= 4 is 17.4 Å². The molecule has 1 aliphatic heterocycles. The van der Waals surface area contributed by atoms with Crippen molar-refractivity contribution in [2.45, 2.75) is 44.8 Å². The van der Waals surface area contributed by atoms with Crippen molar-refractivity contribution in [1.82, 2.24) is 20.8 Å². The zero-order chi connectivity index (χ0) is 21.6. The smallest absolute Gasteiger partial charge is 0.272 e. The summed E-state index contributed by atoms with van der Waals surface area (Å²) in [5.41, 5.74) is 1.94. The van der Waals surface area contributed by atoms with Crippen LogP contribution in [0.25, 0.3) is 4.85 Å². The highest BCUT2D eigenvalue weighted by atomic mass is 16.5. The normalized spacial score (nSPS) is 21.2. The number of nitrogens with zero attached hydrogens (tertiary/aromatic N) is 4. The quantitative estimate of drug-likeness (QED) is 0.724. The molecule has 0 bridgehead atoms. The van der Waals surface area contributed by atoms with Gasteiger partial charge in [-0.3, -0.25) is 4.79 Å². The fourth-order valence-electron chi connectivity index (χ4n) is 4.11. The van der Waals surface area contributed by atoms with Crippen LogP contribution in [0.1, 0.15) is 41.7 Å². The van der Waals surface area contributed by atoms with Gasteiger partial charge in [-0.2, -0.15) is 0 Å². The van der Waals surface area contributed by atoms with Crippen LogP contribution in [0.3, 0.4) is 0 Å². The first-order valence-electron chi connectivity index (χ1n) is 10.9. The van der Waals surface area contributed by atoms with Gasteiger partial charge in [-0.1, -0.05) is 6.07 Å². The van der Waals surface area contributed by atoms with E-state index in [1.54, 1.807) is 12.1 Å². The number of rotatable bonds is 5. The lowest BCUT2D eigenvalue weighted by molar-refractivity contribution is 0.0888. The number of carbonyl (C=O) groups is 1. The van der Waals surface area contributed by atoms with Gasteiger partial charge in [0.15, 0.2) is 17.2 Å². The van der Waals surface area contributed by atoms with Crippen molar-refractivity contribution < 1.29 is 9.53 Å². The maximum Gasteiger partial charge on any atom is 0.272 e. The molecule has 0 spiro atoms. The highest BCUT2D eigenvalue weighted by Crippen LogP contribution is 2.28. The number of nitrogens with one attached hydrogen (secondary N) is 2. The van der Waals surface area contributed by atoms with Crippen molar-refractivity contribution in [2.24, 2.45) is 0 Å².